The van der Waals surface area contributed by atoms with E-state index in [-0.39, 0.29) is 24.6 Å². The van der Waals surface area contributed by atoms with Gasteiger partial charge in [-0.15, -0.1) is 12.4 Å². The first-order valence-corrected chi connectivity index (χ1v) is 8.20. The summed E-state index contributed by atoms with van der Waals surface area (Å²) in [6, 6.07) is 2.98. The standard InChI is InChI=1S/C15H21BrF2N2O2.ClH/c1-2-22-13-8-10(7-11(16)15(13)21)12(9-14(17)18)20-5-3-19-4-6-20;/h7-8,12,14,19,21H,2-6,9H2,1H3;1H/t12-;/m1./s1. The Balaban J connectivity index is 0.00000264. The highest BCUT2D eigenvalue weighted by atomic mass is 79.9. The molecule has 0 aliphatic carbocycles. The Hall–Kier alpha value is -0.630. The van der Waals surface area contributed by atoms with Gasteiger partial charge in [-0.25, -0.2) is 8.78 Å². The Kier molecular flexibility index (Phi) is 8.53. The number of aromatic hydroxyl groups is 1. The van der Waals surface area contributed by atoms with E-state index >= 15 is 0 Å². The van der Waals surface area contributed by atoms with Crippen molar-refractivity contribution in [2.75, 3.05) is 32.8 Å². The molecule has 0 bridgehead atoms. The number of benzene rings is 1. The van der Waals surface area contributed by atoms with E-state index in [4.69, 9.17) is 4.74 Å². The van der Waals surface area contributed by atoms with E-state index in [0.29, 0.717) is 16.8 Å². The molecule has 0 radical (unpaired) electrons. The predicted octanol–water partition coefficient (Wildman–Crippen LogP) is 3.58. The number of hydrogen-bond donors (Lipinski definition) is 2. The average Bonchev–Trinajstić information content (AvgIpc) is 2.50. The summed E-state index contributed by atoms with van der Waals surface area (Å²) in [5.41, 5.74) is 0.732. The number of halogens is 4. The van der Waals surface area contributed by atoms with Crippen molar-refractivity contribution in [3.8, 4) is 11.5 Å². The van der Waals surface area contributed by atoms with Gasteiger partial charge in [-0.05, 0) is 40.5 Å². The Morgan fingerprint density at radius 2 is 2.00 bits per heavy atom. The SMILES string of the molecule is CCOc1cc([C@@H](CC(F)F)N2CCNCC2)cc(Br)c1O.Cl. The molecular weight excluding hydrogens is 394 g/mol. The van der Waals surface area contributed by atoms with Crippen LogP contribution in [0.25, 0.3) is 0 Å². The summed E-state index contributed by atoms with van der Waals surface area (Å²) < 4.78 is 31.9. The molecule has 23 heavy (non-hydrogen) atoms. The summed E-state index contributed by atoms with van der Waals surface area (Å²) in [6.07, 6.45) is -2.62. The summed E-state index contributed by atoms with van der Waals surface area (Å²) in [7, 11) is 0. The van der Waals surface area contributed by atoms with Gasteiger partial charge in [0.1, 0.15) is 0 Å². The lowest BCUT2D eigenvalue weighted by atomic mass is 10.0. The second-order valence-corrected chi connectivity index (χ2v) is 6.07. The minimum absolute atomic E-state index is 0. The normalized spacial score (nSPS) is 16.9. The van der Waals surface area contributed by atoms with Crippen molar-refractivity contribution in [1.29, 1.82) is 0 Å². The lowest BCUT2D eigenvalue weighted by Crippen LogP contribution is -2.45. The number of hydrogen-bond acceptors (Lipinski definition) is 4. The summed E-state index contributed by atoms with van der Waals surface area (Å²) >= 11 is 3.28. The van der Waals surface area contributed by atoms with Crippen LogP contribution in [0.5, 0.6) is 11.5 Å². The molecule has 0 saturated carbocycles. The molecule has 1 heterocycles. The third kappa shape index (κ3) is 5.45. The third-order valence-electron chi connectivity index (χ3n) is 3.73. The van der Waals surface area contributed by atoms with E-state index < -0.39 is 12.5 Å². The van der Waals surface area contributed by atoms with Crippen molar-refractivity contribution in [2.24, 2.45) is 0 Å². The van der Waals surface area contributed by atoms with Crippen LogP contribution >= 0.6 is 28.3 Å². The fourth-order valence-electron chi connectivity index (χ4n) is 2.71. The van der Waals surface area contributed by atoms with E-state index in [9.17, 15) is 13.9 Å². The van der Waals surface area contributed by atoms with Gasteiger partial charge in [0.05, 0.1) is 11.1 Å². The number of rotatable bonds is 6. The first-order valence-electron chi connectivity index (χ1n) is 7.41. The molecule has 1 saturated heterocycles. The van der Waals surface area contributed by atoms with Crippen LogP contribution in [0.3, 0.4) is 0 Å². The van der Waals surface area contributed by atoms with Crippen molar-refractivity contribution in [3.63, 3.8) is 0 Å². The largest absolute Gasteiger partial charge is 0.503 e. The van der Waals surface area contributed by atoms with Crippen LogP contribution in [0.1, 0.15) is 24.9 Å². The lowest BCUT2D eigenvalue weighted by Gasteiger charge is -2.35. The minimum atomic E-state index is -2.39. The number of nitrogens with zero attached hydrogens (tertiary/aromatic N) is 1. The highest BCUT2D eigenvalue weighted by Gasteiger charge is 2.27. The van der Waals surface area contributed by atoms with Crippen LogP contribution in [0.15, 0.2) is 16.6 Å². The number of ether oxygens (including phenoxy) is 1. The maximum atomic E-state index is 13.0. The third-order valence-corrected chi connectivity index (χ3v) is 4.33. The lowest BCUT2D eigenvalue weighted by molar-refractivity contribution is 0.0737. The molecular formula is C15H22BrClF2N2O2. The number of phenols is 1. The summed E-state index contributed by atoms with van der Waals surface area (Å²) in [6.45, 7) is 5.23. The molecule has 0 aromatic heterocycles. The van der Waals surface area contributed by atoms with Gasteiger partial charge in [-0.2, -0.15) is 0 Å². The summed E-state index contributed by atoms with van der Waals surface area (Å²) in [4.78, 5) is 2.05. The molecule has 0 amide bonds. The van der Waals surface area contributed by atoms with Gasteiger partial charge in [-0.1, -0.05) is 0 Å². The fourth-order valence-corrected chi connectivity index (χ4v) is 3.17. The van der Waals surface area contributed by atoms with Gasteiger partial charge < -0.3 is 15.2 Å². The van der Waals surface area contributed by atoms with Crippen LogP contribution in [0.4, 0.5) is 8.78 Å². The number of alkyl halides is 2. The van der Waals surface area contributed by atoms with E-state index in [1.54, 1.807) is 12.1 Å². The van der Waals surface area contributed by atoms with E-state index in [2.05, 4.69) is 26.1 Å². The zero-order valence-corrected chi connectivity index (χ0v) is 15.3. The quantitative estimate of drug-likeness (QED) is 0.745. The molecule has 1 aliphatic rings. The first-order chi connectivity index (χ1) is 10.5. The topological polar surface area (TPSA) is 44.7 Å². The number of piperazine rings is 1. The molecule has 2 N–H and O–H groups in total. The molecule has 0 spiro atoms. The van der Waals surface area contributed by atoms with E-state index in [0.717, 1.165) is 31.7 Å². The highest BCUT2D eigenvalue weighted by molar-refractivity contribution is 9.10. The van der Waals surface area contributed by atoms with Crippen molar-refractivity contribution < 1.29 is 18.6 Å². The number of phenolic OH excluding ortho intramolecular Hbond substituents is 1. The predicted molar refractivity (Wildman–Crippen MR) is 92.0 cm³/mol. The zero-order chi connectivity index (χ0) is 16.1. The van der Waals surface area contributed by atoms with Crippen LogP contribution in [0.2, 0.25) is 0 Å². The molecule has 2 rings (SSSR count). The van der Waals surface area contributed by atoms with Crippen molar-refractivity contribution >= 4 is 28.3 Å². The van der Waals surface area contributed by atoms with Gasteiger partial charge in [0.15, 0.2) is 11.5 Å². The summed E-state index contributed by atoms with van der Waals surface area (Å²) in [5, 5.41) is 13.2. The fraction of sp³-hybridized carbons (Fsp3) is 0.600. The second-order valence-electron chi connectivity index (χ2n) is 5.21. The smallest absolute Gasteiger partial charge is 0.240 e. The van der Waals surface area contributed by atoms with Crippen LogP contribution in [-0.2, 0) is 0 Å². The maximum absolute atomic E-state index is 13.0. The van der Waals surface area contributed by atoms with Crippen molar-refractivity contribution in [2.45, 2.75) is 25.8 Å². The maximum Gasteiger partial charge on any atom is 0.240 e. The molecule has 1 fully saturated rings. The van der Waals surface area contributed by atoms with Gasteiger partial charge in [0.25, 0.3) is 0 Å². The Morgan fingerprint density at radius 3 is 2.57 bits per heavy atom. The molecule has 0 unspecified atom stereocenters. The Labute approximate surface area is 149 Å². The molecule has 8 heteroatoms. The van der Waals surface area contributed by atoms with Crippen molar-refractivity contribution in [1.82, 2.24) is 10.2 Å². The van der Waals surface area contributed by atoms with E-state index in [1.165, 1.54) is 0 Å². The minimum Gasteiger partial charge on any atom is -0.503 e. The Bertz CT molecular complexity index is 503. The van der Waals surface area contributed by atoms with E-state index in [1.807, 2.05) is 6.92 Å². The monoisotopic (exact) mass is 414 g/mol. The molecule has 1 aromatic carbocycles. The molecule has 1 aliphatic heterocycles. The first kappa shape index (κ1) is 20.4. The highest BCUT2D eigenvalue weighted by Crippen LogP contribution is 2.39. The Morgan fingerprint density at radius 1 is 1.35 bits per heavy atom. The molecule has 4 nitrogen and oxygen atoms in total. The van der Waals surface area contributed by atoms with Crippen LogP contribution in [-0.4, -0.2) is 49.2 Å². The average molecular weight is 416 g/mol. The van der Waals surface area contributed by atoms with Gasteiger partial charge in [-0.3, -0.25) is 4.90 Å². The number of nitrogens with one attached hydrogen (secondary N) is 1. The van der Waals surface area contributed by atoms with Gasteiger partial charge in [0.2, 0.25) is 6.43 Å². The molecule has 1 atom stereocenters. The molecule has 132 valence electrons. The zero-order valence-electron chi connectivity index (χ0n) is 12.9. The molecule has 1 aromatic rings. The van der Waals surface area contributed by atoms with Gasteiger partial charge in [0, 0.05) is 38.6 Å². The van der Waals surface area contributed by atoms with Crippen LogP contribution in [0, 0.1) is 0 Å². The van der Waals surface area contributed by atoms with Gasteiger partial charge >= 0.3 is 0 Å². The van der Waals surface area contributed by atoms with Crippen molar-refractivity contribution in [3.05, 3.63) is 22.2 Å². The summed E-state index contributed by atoms with van der Waals surface area (Å²) in [5.74, 6) is 0.322. The second kappa shape index (κ2) is 9.61. The van der Waals surface area contributed by atoms with Crippen LogP contribution < -0.4 is 10.1 Å².